The van der Waals surface area contributed by atoms with Crippen molar-refractivity contribution < 1.29 is 8.78 Å². The van der Waals surface area contributed by atoms with Crippen LogP contribution in [0.5, 0.6) is 0 Å². The fourth-order valence-electron chi connectivity index (χ4n) is 2.08. The van der Waals surface area contributed by atoms with Gasteiger partial charge in [0.1, 0.15) is 0 Å². The van der Waals surface area contributed by atoms with E-state index < -0.39 is 12.5 Å². The Kier molecular flexibility index (Phi) is 4.63. The van der Waals surface area contributed by atoms with E-state index in [-0.39, 0.29) is 6.04 Å². The lowest BCUT2D eigenvalue weighted by molar-refractivity contribution is 0.0930. The Bertz CT molecular complexity index is 485. The molecule has 2 atom stereocenters. The minimum atomic E-state index is -2.44. The molecule has 1 N–H and O–H groups in total. The number of halogens is 2. The molecule has 3 heteroatoms. The first-order valence-corrected chi connectivity index (χ1v) is 6.32. The highest BCUT2D eigenvalue weighted by Crippen LogP contribution is 2.24. The van der Waals surface area contributed by atoms with E-state index in [1.807, 2.05) is 43.3 Å². The predicted molar refractivity (Wildman–Crippen MR) is 73.2 cm³/mol. The average molecular weight is 261 g/mol. The summed E-state index contributed by atoms with van der Waals surface area (Å²) in [6.07, 6.45) is -2.44. The van der Waals surface area contributed by atoms with Gasteiger partial charge in [0.2, 0.25) is 0 Å². The zero-order chi connectivity index (χ0) is 13.7. The Morgan fingerprint density at radius 3 is 1.74 bits per heavy atom. The number of benzene rings is 2. The maximum Gasteiger partial charge on any atom is 0.257 e. The van der Waals surface area contributed by atoms with E-state index in [0.29, 0.717) is 5.56 Å². The van der Waals surface area contributed by atoms with Crippen LogP contribution in [0.3, 0.4) is 0 Å². The van der Waals surface area contributed by atoms with Gasteiger partial charge in [-0.1, -0.05) is 60.7 Å². The minimum absolute atomic E-state index is 0.125. The molecule has 0 unspecified atom stereocenters. The van der Waals surface area contributed by atoms with Crippen molar-refractivity contribution in [1.82, 2.24) is 5.32 Å². The molecule has 0 heterocycles. The molecule has 100 valence electrons. The van der Waals surface area contributed by atoms with Crippen LogP contribution < -0.4 is 5.32 Å². The predicted octanol–water partition coefficient (Wildman–Crippen LogP) is 4.34. The van der Waals surface area contributed by atoms with Gasteiger partial charge in [-0.2, -0.15) is 0 Å². The Labute approximate surface area is 112 Å². The Hall–Kier alpha value is -1.74. The first kappa shape index (κ1) is 13.7. The first-order valence-electron chi connectivity index (χ1n) is 6.32. The lowest BCUT2D eigenvalue weighted by atomic mass is 10.0. The van der Waals surface area contributed by atoms with E-state index in [2.05, 4.69) is 5.32 Å². The normalized spacial score (nSPS) is 14.3. The lowest BCUT2D eigenvalue weighted by Gasteiger charge is -2.23. The molecule has 0 radical (unpaired) electrons. The molecule has 0 spiro atoms. The van der Waals surface area contributed by atoms with Crippen molar-refractivity contribution in [1.29, 1.82) is 0 Å². The van der Waals surface area contributed by atoms with E-state index >= 15 is 0 Å². The number of hydrogen-bond donors (Lipinski definition) is 1. The largest absolute Gasteiger partial charge is 0.299 e. The summed E-state index contributed by atoms with van der Waals surface area (Å²) in [6.45, 7) is 1.90. The Morgan fingerprint density at radius 2 is 1.26 bits per heavy atom. The molecule has 0 aliphatic rings. The quantitative estimate of drug-likeness (QED) is 0.844. The van der Waals surface area contributed by atoms with Gasteiger partial charge in [0.15, 0.2) is 0 Å². The molecule has 0 aromatic heterocycles. The Balaban J connectivity index is 2.14. The number of hydrogen-bond acceptors (Lipinski definition) is 1. The molecule has 2 aromatic rings. The van der Waals surface area contributed by atoms with E-state index in [1.54, 1.807) is 24.3 Å². The van der Waals surface area contributed by atoms with Gasteiger partial charge in [-0.25, -0.2) is 8.78 Å². The maximum atomic E-state index is 13.2. The number of nitrogens with one attached hydrogen (secondary N) is 1. The number of alkyl halides is 2. The highest BCUT2D eigenvalue weighted by Gasteiger charge is 2.23. The van der Waals surface area contributed by atoms with E-state index in [4.69, 9.17) is 0 Å². The molecule has 0 amide bonds. The molecule has 1 nitrogen and oxygen atoms in total. The van der Waals surface area contributed by atoms with Crippen molar-refractivity contribution >= 4 is 0 Å². The summed E-state index contributed by atoms with van der Waals surface area (Å²) in [5.41, 5.74) is 1.62. The number of rotatable bonds is 5. The summed E-state index contributed by atoms with van der Waals surface area (Å²) < 4.78 is 26.4. The van der Waals surface area contributed by atoms with E-state index in [0.717, 1.165) is 5.56 Å². The summed E-state index contributed by atoms with van der Waals surface area (Å²) in [4.78, 5) is 0. The van der Waals surface area contributed by atoms with E-state index in [9.17, 15) is 8.78 Å². The standard InChI is InChI=1S/C16H17F2N/c1-12(13-8-4-2-5-9-13)19-15(16(17)18)14-10-6-3-7-11-14/h2-12,15-16,19H,1H3/t12-,15-/m0/s1. The monoisotopic (exact) mass is 261 g/mol. The smallest absolute Gasteiger partial charge is 0.257 e. The van der Waals surface area contributed by atoms with Crippen LogP contribution in [0.2, 0.25) is 0 Å². The van der Waals surface area contributed by atoms with Gasteiger partial charge in [0, 0.05) is 6.04 Å². The molecule has 2 aromatic carbocycles. The average Bonchev–Trinajstić information content (AvgIpc) is 2.46. The third kappa shape index (κ3) is 3.61. The van der Waals surface area contributed by atoms with Gasteiger partial charge in [0.25, 0.3) is 6.43 Å². The Morgan fingerprint density at radius 1 is 0.789 bits per heavy atom. The van der Waals surface area contributed by atoms with Crippen LogP contribution in [-0.4, -0.2) is 6.43 Å². The zero-order valence-corrected chi connectivity index (χ0v) is 10.8. The van der Waals surface area contributed by atoms with E-state index in [1.165, 1.54) is 0 Å². The molecule has 0 fully saturated rings. The summed E-state index contributed by atoms with van der Waals surface area (Å²) in [5.74, 6) is 0. The molecule has 0 saturated carbocycles. The van der Waals surface area contributed by atoms with Crippen LogP contribution >= 0.6 is 0 Å². The van der Waals surface area contributed by atoms with Crippen molar-refractivity contribution in [3.8, 4) is 0 Å². The van der Waals surface area contributed by atoms with Crippen molar-refractivity contribution in [2.24, 2.45) is 0 Å². The minimum Gasteiger partial charge on any atom is -0.299 e. The third-order valence-corrected chi connectivity index (χ3v) is 3.14. The fourth-order valence-corrected chi connectivity index (χ4v) is 2.08. The van der Waals surface area contributed by atoms with Crippen LogP contribution in [0.4, 0.5) is 8.78 Å². The molecule has 19 heavy (non-hydrogen) atoms. The van der Waals surface area contributed by atoms with Crippen LogP contribution in [0.25, 0.3) is 0 Å². The van der Waals surface area contributed by atoms with Gasteiger partial charge < -0.3 is 0 Å². The van der Waals surface area contributed by atoms with Gasteiger partial charge in [-0.15, -0.1) is 0 Å². The van der Waals surface area contributed by atoms with Crippen LogP contribution in [-0.2, 0) is 0 Å². The second kappa shape index (κ2) is 6.43. The summed E-state index contributed by atoms with van der Waals surface area (Å²) >= 11 is 0. The molecule has 2 rings (SSSR count). The zero-order valence-electron chi connectivity index (χ0n) is 10.8. The molecular weight excluding hydrogens is 244 g/mol. The molecule has 0 aliphatic heterocycles. The van der Waals surface area contributed by atoms with Crippen molar-refractivity contribution in [3.05, 3.63) is 71.8 Å². The summed E-state index contributed by atoms with van der Waals surface area (Å²) in [5, 5.41) is 3.00. The van der Waals surface area contributed by atoms with Crippen molar-refractivity contribution in [2.75, 3.05) is 0 Å². The second-order valence-electron chi connectivity index (χ2n) is 4.52. The van der Waals surface area contributed by atoms with Gasteiger partial charge in [-0.3, -0.25) is 5.32 Å². The SMILES string of the molecule is C[C@H](N[C@@H](c1ccccc1)C(F)F)c1ccccc1. The van der Waals surface area contributed by atoms with Gasteiger partial charge >= 0.3 is 0 Å². The molecule has 0 saturated heterocycles. The maximum absolute atomic E-state index is 13.2. The molecule has 0 aliphatic carbocycles. The van der Waals surface area contributed by atoms with Crippen LogP contribution in [0.1, 0.15) is 30.1 Å². The van der Waals surface area contributed by atoms with Crippen LogP contribution in [0, 0.1) is 0 Å². The lowest BCUT2D eigenvalue weighted by Crippen LogP contribution is -2.29. The third-order valence-electron chi connectivity index (χ3n) is 3.14. The first-order chi connectivity index (χ1) is 9.18. The highest BCUT2D eigenvalue weighted by atomic mass is 19.3. The van der Waals surface area contributed by atoms with Crippen molar-refractivity contribution in [2.45, 2.75) is 25.4 Å². The highest BCUT2D eigenvalue weighted by molar-refractivity contribution is 5.22. The second-order valence-corrected chi connectivity index (χ2v) is 4.52. The summed E-state index contributed by atoms with van der Waals surface area (Å²) in [7, 11) is 0. The topological polar surface area (TPSA) is 12.0 Å². The van der Waals surface area contributed by atoms with Crippen LogP contribution in [0.15, 0.2) is 60.7 Å². The summed E-state index contributed by atoms with van der Waals surface area (Å²) in [6, 6.07) is 17.4. The fraction of sp³-hybridized carbons (Fsp3) is 0.250. The van der Waals surface area contributed by atoms with Gasteiger partial charge in [-0.05, 0) is 18.1 Å². The van der Waals surface area contributed by atoms with Gasteiger partial charge in [0.05, 0.1) is 6.04 Å². The van der Waals surface area contributed by atoms with Crippen molar-refractivity contribution in [3.63, 3.8) is 0 Å². The molecule has 0 bridgehead atoms. The molecular formula is C16H17F2N.